The number of hydrogen-bond donors (Lipinski definition) is 0. The summed E-state index contributed by atoms with van der Waals surface area (Å²) in [6.07, 6.45) is -4.95. The van der Waals surface area contributed by atoms with Gasteiger partial charge in [-0.3, -0.25) is 4.79 Å². The van der Waals surface area contributed by atoms with Gasteiger partial charge in [-0.2, -0.15) is 13.2 Å². The first-order valence-corrected chi connectivity index (χ1v) is 5.44. The number of alkyl halides is 3. The zero-order valence-corrected chi connectivity index (χ0v) is 10.3. The molecule has 0 radical (unpaired) electrons. The van der Waals surface area contributed by atoms with Crippen LogP contribution in [-0.2, 0) is 15.7 Å². The van der Waals surface area contributed by atoms with E-state index in [4.69, 9.17) is 0 Å². The van der Waals surface area contributed by atoms with Crippen molar-refractivity contribution in [3.63, 3.8) is 0 Å². The molecule has 0 unspecified atom stereocenters. The van der Waals surface area contributed by atoms with Crippen molar-refractivity contribution in [3.8, 4) is 5.75 Å². The minimum Gasteiger partial charge on any atom is -0.479 e. The molecule has 0 fully saturated rings. The van der Waals surface area contributed by atoms with E-state index in [1.165, 1.54) is 6.92 Å². The first-order chi connectivity index (χ1) is 9.29. The molecule has 0 aliphatic heterocycles. The van der Waals surface area contributed by atoms with Gasteiger partial charge in [-0.25, -0.2) is 9.18 Å². The van der Waals surface area contributed by atoms with Crippen molar-refractivity contribution >= 4 is 12.3 Å². The lowest BCUT2D eigenvalue weighted by Gasteiger charge is -2.13. The van der Waals surface area contributed by atoms with Crippen molar-refractivity contribution in [2.75, 3.05) is 13.2 Å². The fourth-order valence-corrected chi connectivity index (χ4v) is 1.36. The van der Waals surface area contributed by atoms with E-state index in [0.29, 0.717) is 12.1 Å². The molecular weight excluding hydrogens is 284 g/mol. The minimum absolute atomic E-state index is 0.0581. The molecule has 20 heavy (non-hydrogen) atoms. The van der Waals surface area contributed by atoms with Gasteiger partial charge in [0.2, 0.25) is 0 Å². The summed E-state index contributed by atoms with van der Waals surface area (Å²) in [6.45, 7) is 0.851. The van der Waals surface area contributed by atoms with Crippen molar-refractivity contribution in [2.45, 2.75) is 13.1 Å². The second-order valence-electron chi connectivity index (χ2n) is 3.58. The van der Waals surface area contributed by atoms with Crippen molar-refractivity contribution in [1.82, 2.24) is 0 Å². The Balaban J connectivity index is 3.03. The van der Waals surface area contributed by atoms with Gasteiger partial charge in [0, 0.05) is 5.56 Å². The van der Waals surface area contributed by atoms with E-state index in [9.17, 15) is 27.2 Å². The van der Waals surface area contributed by atoms with E-state index < -0.39 is 41.4 Å². The fourth-order valence-electron chi connectivity index (χ4n) is 1.36. The van der Waals surface area contributed by atoms with Gasteiger partial charge in [-0.1, -0.05) is 0 Å². The Morgan fingerprint density at radius 2 is 2.00 bits per heavy atom. The summed E-state index contributed by atoms with van der Waals surface area (Å²) < 4.78 is 60.5. The number of hydrogen-bond acceptors (Lipinski definition) is 4. The molecule has 0 bridgehead atoms. The molecule has 0 aromatic heterocycles. The fraction of sp³-hybridized carbons (Fsp3) is 0.333. The summed E-state index contributed by atoms with van der Waals surface area (Å²) in [6, 6.07) is 0.731. The third kappa shape index (κ3) is 3.94. The molecule has 0 amide bonds. The SMILES string of the molecule is CCOC(=O)COc1cc(C(F)(F)F)c(C=O)cc1F. The van der Waals surface area contributed by atoms with E-state index in [-0.39, 0.29) is 12.9 Å². The number of carbonyl (C=O) groups excluding carboxylic acids is 2. The maximum Gasteiger partial charge on any atom is 0.417 e. The predicted octanol–water partition coefficient (Wildman–Crippen LogP) is 2.60. The molecule has 0 N–H and O–H groups in total. The average molecular weight is 294 g/mol. The summed E-state index contributed by atoms with van der Waals surface area (Å²) in [5.74, 6) is -2.81. The summed E-state index contributed by atoms with van der Waals surface area (Å²) in [5, 5.41) is 0. The van der Waals surface area contributed by atoms with E-state index in [1.54, 1.807) is 0 Å². The quantitative estimate of drug-likeness (QED) is 0.476. The molecule has 1 aromatic rings. The van der Waals surface area contributed by atoms with Gasteiger partial charge in [0.15, 0.2) is 24.5 Å². The van der Waals surface area contributed by atoms with E-state index in [2.05, 4.69) is 9.47 Å². The van der Waals surface area contributed by atoms with Crippen molar-refractivity contribution in [1.29, 1.82) is 0 Å². The molecule has 4 nitrogen and oxygen atoms in total. The molecule has 110 valence electrons. The number of aldehydes is 1. The van der Waals surface area contributed by atoms with Crippen LogP contribution < -0.4 is 4.74 Å². The zero-order chi connectivity index (χ0) is 15.3. The highest BCUT2D eigenvalue weighted by atomic mass is 19.4. The maximum absolute atomic E-state index is 13.4. The van der Waals surface area contributed by atoms with Gasteiger partial charge in [0.1, 0.15) is 0 Å². The normalized spacial score (nSPS) is 11.1. The third-order valence-electron chi connectivity index (χ3n) is 2.19. The molecule has 0 heterocycles. The van der Waals surface area contributed by atoms with Crippen LogP contribution >= 0.6 is 0 Å². The average Bonchev–Trinajstić information content (AvgIpc) is 2.35. The molecule has 0 saturated carbocycles. The summed E-state index contributed by atoms with van der Waals surface area (Å²) in [7, 11) is 0. The zero-order valence-electron chi connectivity index (χ0n) is 10.3. The third-order valence-corrected chi connectivity index (χ3v) is 2.19. The van der Waals surface area contributed by atoms with Crippen LogP contribution in [0.5, 0.6) is 5.75 Å². The van der Waals surface area contributed by atoms with Crippen LogP contribution in [-0.4, -0.2) is 25.5 Å². The minimum atomic E-state index is -4.84. The molecule has 0 saturated heterocycles. The first-order valence-electron chi connectivity index (χ1n) is 5.44. The van der Waals surface area contributed by atoms with Gasteiger partial charge in [0.05, 0.1) is 12.2 Å². The molecule has 8 heteroatoms. The Bertz CT molecular complexity index is 511. The lowest BCUT2D eigenvalue weighted by Crippen LogP contribution is -2.16. The van der Waals surface area contributed by atoms with Gasteiger partial charge in [-0.05, 0) is 19.1 Å². The summed E-state index contributed by atoms with van der Waals surface area (Å²) in [4.78, 5) is 21.5. The molecule has 1 aromatic carbocycles. The van der Waals surface area contributed by atoms with E-state index >= 15 is 0 Å². The van der Waals surface area contributed by atoms with E-state index in [0.717, 1.165) is 0 Å². The largest absolute Gasteiger partial charge is 0.479 e. The Morgan fingerprint density at radius 3 is 2.50 bits per heavy atom. The Kier molecular flexibility index (Phi) is 5.06. The standard InChI is InChI=1S/C12H10F4O4/c1-2-19-11(18)6-20-10-4-8(12(14,15)16)7(5-17)3-9(10)13/h3-5H,2,6H2,1H3. The summed E-state index contributed by atoms with van der Waals surface area (Å²) >= 11 is 0. The predicted molar refractivity (Wildman–Crippen MR) is 58.9 cm³/mol. The second-order valence-corrected chi connectivity index (χ2v) is 3.58. The highest BCUT2D eigenvalue weighted by Crippen LogP contribution is 2.35. The van der Waals surface area contributed by atoms with Crippen LogP contribution in [0.25, 0.3) is 0 Å². The van der Waals surface area contributed by atoms with Crippen LogP contribution in [0.1, 0.15) is 22.8 Å². The van der Waals surface area contributed by atoms with Crippen LogP contribution in [0, 0.1) is 5.82 Å². The molecular formula is C12H10F4O4. The van der Waals surface area contributed by atoms with Gasteiger partial charge in [0.25, 0.3) is 0 Å². The van der Waals surface area contributed by atoms with Crippen LogP contribution in [0.15, 0.2) is 12.1 Å². The topological polar surface area (TPSA) is 52.6 Å². The second kappa shape index (κ2) is 6.36. The van der Waals surface area contributed by atoms with Gasteiger partial charge >= 0.3 is 12.1 Å². The van der Waals surface area contributed by atoms with Crippen LogP contribution in [0.2, 0.25) is 0 Å². The smallest absolute Gasteiger partial charge is 0.417 e. The highest BCUT2D eigenvalue weighted by molar-refractivity contribution is 5.78. The lowest BCUT2D eigenvalue weighted by atomic mass is 10.1. The number of benzene rings is 1. The number of halogens is 4. The van der Waals surface area contributed by atoms with Gasteiger partial charge < -0.3 is 9.47 Å². The van der Waals surface area contributed by atoms with Crippen LogP contribution in [0.4, 0.5) is 17.6 Å². The Labute approximate surface area is 111 Å². The van der Waals surface area contributed by atoms with Crippen molar-refractivity contribution in [2.24, 2.45) is 0 Å². The molecule has 0 aliphatic rings. The van der Waals surface area contributed by atoms with Crippen LogP contribution in [0.3, 0.4) is 0 Å². The molecule has 0 aliphatic carbocycles. The molecule has 0 atom stereocenters. The first kappa shape index (κ1) is 15.9. The van der Waals surface area contributed by atoms with Crippen molar-refractivity contribution in [3.05, 3.63) is 29.1 Å². The number of carbonyl (C=O) groups is 2. The summed E-state index contributed by atoms with van der Waals surface area (Å²) in [5.41, 5.74) is -2.19. The Morgan fingerprint density at radius 1 is 1.35 bits per heavy atom. The number of rotatable bonds is 5. The number of ether oxygens (including phenoxy) is 2. The Hall–Kier alpha value is -2.12. The number of esters is 1. The van der Waals surface area contributed by atoms with Gasteiger partial charge in [-0.15, -0.1) is 0 Å². The van der Waals surface area contributed by atoms with E-state index in [1.807, 2.05) is 0 Å². The maximum atomic E-state index is 13.4. The molecule has 1 rings (SSSR count). The molecule has 0 spiro atoms. The van der Waals surface area contributed by atoms with Crippen molar-refractivity contribution < 1.29 is 36.6 Å². The monoisotopic (exact) mass is 294 g/mol. The lowest BCUT2D eigenvalue weighted by molar-refractivity contribution is -0.145. The highest BCUT2D eigenvalue weighted by Gasteiger charge is 2.34.